The van der Waals surface area contributed by atoms with Crippen molar-refractivity contribution < 1.29 is 0 Å². The SMILES string of the molecule is C/C=C/CCN=C(NCC)N(C)Cc1cn(C)nc1C(C)C.I. The van der Waals surface area contributed by atoms with Gasteiger partial charge in [-0.3, -0.25) is 9.67 Å². The number of nitrogens with zero attached hydrogens (tertiary/aromatic N) is 4. The Morgan fingerprint density at radius 1 is 1.48 bits per heavy atom. The number of nitrogens with one attached hydrogen (secondary N) is 1. The molecule has 0 saturated heterocycles. The van der Waals surface area contributed by atoms with Crippen molar-refractivity contribution in [2.75, 3.05) is 20.1 Å². The third kappa shape index (κ3) is 7.37. The van der Waals surface area contributed by atoms with Crippen molar-refractivity contribution in [2.24, 2.45) is 12.0 Å². The summed E-state index contributed by atoms with van der Waals surface area (Å²) in [6, 6.07) is 0. The van der Waals surface area contributed by atoms with Crippen LogP contribution in [0.2, 0.25) is 0 Å². The van der Waals surface area contributed by atoms with Crippen molar-refractivity contribution in [1.29, 1.82) is 0 Å². The Balaban J connectivity index is 0.00000484. The van der Waals surface area contributed by atoms with Gasteiger partial charge in [0.15, 0.2) is 5.96 Å². The molecule has 0 aromatic carbocycles. The highest BCUT2D eigenvalue weighted by atomic mass is 127. The van der Waals surface area contributed by atoms with Gasteiger partial charge in [-0.2, -0.15) is 5.10 Å². The van der Waals surface area contributed by atoms with E-state index in [4.69, 9.17) is 0 Å². The number of aliphatic imine (C=N–C) groups is 1. The smallest absolute Gasteiger partial charge is 0.193 e. The van der Waals surface area contributed by atoms with Crippen LogP contribution >= 0.6 is 24.0 Å². The number of aryl methyl sites for hydroxylation is 1. The van der Waals surface area contributed by atoms with Crippen LogP contribution in [0.3, 0.4) is 0 Å². The first-order valence-corrected chi connectivity index (χ1v) is 8.12. The van der Waals surface area contributed by atoms with Gasteiger partial charge in [0.25, 0.3) is 0 Å². The fourth-order valence-electron chi connectivity index (χ4n) is 2.37. The van der Waals surface area contributed by atoms with Crippen LogP contribution in [0.1, 0.15) is 51.3 Å². The summed E-state index contributed by atoms with van der Waals surface area (Å²) in [5.41, 5.74) is 2.43. The van der Waals surface area contributed by atoms with E-state index in [0.717, 1.165) is 32.0 Å². The van der Waals surface area contributed by atoms with Crippen molar-refractivity contribution in [1.82, 2.24) is 20.0 Å². The highest BCUT2D eigenvalue weighted by molar-refractivity contribution is 14.0. The average molecular weight is 433 g/mol. The van der Waals surface area contributed by atoms with Gasteiger partial charge in [0.05, 0.1) is 5.69 Å². The maximum atomic E-state index is 4.68. The highest BCUT2D eigenvalue weighted by Crippen LogP contribution is 2.18. The Labute approximate surface area is 158 Å². The Kier molecular flexibility index (Phi) is 11.0. The molecule has 1 aromatic rings. The van der Waals surface area contributed by atoms with Crippen LogP contribution in [0.15, 0.2) is 23.3 Å². The predicted octanol–water partition coefficient (Wildman–Crippen LogP) is 3.53. The molecule has 0 unspecified atom stereocenters. The molecular formula is C17H32IN5. The van der Waals surface area contributed by atoms with E-state index in [0.29, 0.717) is 5.92 Å². The van der Waals surface area contributed by atoms with Crippen LogP contribution in [0.25, 0.3) is 0 Å². The molecule has 0 aliphatic carbocycles. The van der Waals surface area contributed by atoms with Gasteiger partial charge in [-0.15, -0.1) is 24.0 Å². The monoisotopic (exact) mass is 433 g/mol. The summed E-state index contributed by atoms with van der Waals surface area (Å²) in [5.74, 6) is 1.38. The number of hydrogen-bond acceptors (Lipinski definition) is 2. The van der Waals surface area contributed by atoms with Gasteiger partial charge in [0.2, 0.25) is 0 Å². The van der Waals surface area contributed by atoms with E-state index < -0.39 is 0 Å². The lowest BCUT2D eigenvalue weighted by atomic mass is 10.1. The molecule has 0 fully saturated rings. The van der Waals surface area contributed by atoms with Gasteiger partial charge in [-0.25, -0.2) is 0 Å². The summed E-state index contributed by atoms with van der Waals surface area (Å²) >= 11 is 0. The Bertz CT molecular complexity index is 505. The third-order valence-corrected chi connectivity index (χ3v) is 3.38. The minimum Gasteiger partial charge on any atom is -0.357 e. The fourth-order valence-corrected chi connectivity index (χ4v) is 2.37. The van der Waals surface area contributed by atoms with Crippen LogP contribution < -0.4 is 5.32 Å². The third-order valence-electron chi connectivity index (χ3n) is 3.38. The normalized spacial score (nSPS) is 11.9. The van der Waals surface area contributed by atoms with Gasteiger partial charge in [-0.05, 0) is 26.2 Å². The molecular weight excluding hydrogens is 401 g/mol. The summed E-state index contributed by atoms with van der Waals surface area (Å²) in [7, 11) is 4.06. The molecule has 6 heteroatoms. The lowest BCUT2D eigenvalue weighted by molar-refractivity contribution is 0.473. The van der Waals surface area contributed by atoms with Crippen molar-refractivity contribution in [3.8, 4) is 0 Å². The van der Waals surface area contributed by atoms with E-state index in [1.807, 2.05) is 18.7 Å². The number of rotatable bonds is 7. The molecule has 0 amide bonds. The van der Waals surface area contributed by atoms with Gasteiger partial charge < -0.3 is 10.2 Å². The zero-order chi connectivity index (χ0) is 16.5. The first-order chi connectivity index (χ1) is 10.5. The minimum absolute atomic E-state index is 0. The van der Waals surface area contributed by atoms with Crippen LogP contribution in [0, 0.1) is 0 Å². The minimum atomic E-state index is 0. The van der Waals surface area contributed by atoms with E-state index in [-0.39, 0.29) is 24.0 Å². The number of halogens is 1. The van der Waals surface area contributed by atoms with Crippen LogP contribution in [-0.2, 0) is 13.6 Å². The van der Waals surface area contributed by atoms with Crippen LogP contribution in [0.5, 0.6) is 0 Å². The second-order valence-corrected chi connectivity index (χ2v) is 5.82. The molecule has 0 aliphatic rings. The summed E-state index contributed by atoms with van der Waals surface area (Å²) in [4.78, 5) is 6.85. The van der Waals surface area contributed by atoms with Gasteiger partial charge in [0.1, 0.15) is 0 Å². The molecule has 1 aromatic heterocycles. The zero-order valence-corrected chi connectivity index (χ0v) is 17.7. The van der Waals surface area contributed by atoms with E-state index in [1.165, 1.54) is 11.3 Å². The molecule has 0 bridgehead atoms. The molecule has 0 saturated carbocycles. The molecule has 0 spiro atoms. The second-order valence-electron chi connectivity index (χ2n) is 5.82. The lowest BCUT2D eigenvalue weighted by Crippen LogP contribution is -2.38. The molecule has 0 atom stereocenters. The molecule has 1 rings (SSSR count). The lowest BCUT2D eigenvalue weighted by Gasteiger charge is -2.22. The molecule has 23 heavy (non-hydrogen) atoms. The Morgan fingerprint density at radius 3 is 2.74 bits per heavy atom. The fraction of sp³-hybridized carbons (Fsp3) is 0.647. The quantitative estimate of drug-likeness (QED) is 0.235. The van der Waals surface area contributed by atoms with E-state index in [2.05, 4.69) is 66.5 Å². The summed E-state index contributed by atoms with van der Waals surface area (Å²) in [6.07, 6.45) is 7.29. The van der Waals surface area contributed by atoms with Gasteiger partial charge in [0, 0.05) is 45.5 Å². The molecule has 0 aliphatic heterocycles. The maximum absolute atomic E-state index is 4.68. The first kappa shape index (κ1) is 21.9. The van der Waals surface area contributed by atoms with Crippen molar-refractivity contribution >= 4 is 29.9 Å². The summed E-state index contributed by atoms with van der Waals surface area (Å²) in [5, 5.41) is 7.94. The standard InChI is InChI=1S/C17H31N5.HI/c1-7-9-10-11-19-17(18-8-2)21(5)12-15-13-22(6)20-16(15)14(3)4;/h7,9,13-14H,8,10-12H2,1-6H3,(H,18,19);1H/b9-7+;. The van der Waals surface area contributed by atoms with Crippen molar-refractivity contribution in [3.05, 3.63) is 29.6 Å². The number of guanidine groups is 1. The number of allylic oxidation sites excluding steroid dienone is 1. The van der Waals surface area contributed by atoms with E-state index >= 15 is 0 Å². The van der Waals surface area contributed by atoms with Crippen molar-refractivity contribution in [3.63, 3.8) is 0 Å². The van der Waals surface area contributed by atoms with E-state index in [1.54, 1.807) is 0 Å². The van der Waals surface area contributed by atoms with Gasteiger partial charge in [-0.1, -0.05) is 26.0 Å². The molecule has 132 valence electrons. The zero-order valence-electron chi connectivity index (χ0n) is 15.3. The predicted molar refractivity (Wildman–Crippen MR) is 110 cm³/mol. The largest absolute Gasteiger partial charge is 0.357 e. The molecule has 0 radical (unpaired) electrons. The average Bonchev–Trinajstić information content (AvgIpc) is 2.83. The van der Waals surface area contributed by atoms with Crippen molar-refractivity contribution in [2.45, 2.75) is 46.6 Å². The topological polar surface area (TPSA) is 45.5 Å². The first-order valence-electron chi connectivity index (χ1n) is 8.12. The molecule has 5 nitrogen and oxygen atoms in total. The summed E-state index contributed by atoms with van der Waals surface area (Å²) < 4.78 is 1.90. The highest BCUT2D eigenvalue weighted by Gasteiger charge is 2.14. The Morgan fingerprint density at radius 2 is 2.17 bits per heavy atom. The molecule has 1 N–H and O–H groups in total. The Hall–Kier alpha value is -1.05. The summed E-state index contributed by atoms with van der Waals surface area (Å²) in [6.45, 7) is 11.0. The number of aromatic nitrogens is 2. The van der Waals surface area contributed by atoms with Crippen LogP contribution in [-0.4, -0.2) is 40.8 Å². The number of hydrogen-bond donors (Lipinski definition) is 1. The van der Waals surface area contributed by atoms with E-state index in [9.17, 15) is 0 Å². The van der Waals surface area contributed by atoms with Gasteiger partial charge >= 0.3 is 0 Å². The van der Waals surface area contributed by atoms with Crippen LogP contribution in [0.4, 0.5) is 0 Å². The second kappa shape index (κ2) is 11.5. The molecule has 1 heterocycles. The maximum Gasteiger partial charge on any atom is 0.193 e.